The Hall–Kier alpha value is -0.560. The molecule has 1 saturated carbocycles. The standard InChI is InChI=1S/C13H19N/c1-3-7-12-10(5-1)9-11-6-2-4-8-13(11)14-12/h1,3,5,11-14H,2,4,6-9H2. The van der Waals surface area contributed by atoms with E-state index in [0.717, 1.165) is 12.0 Å². The predicted molar refractivity (Wildman–Crippen MR) is 59.1 cm³/mol. The third-order valence-corrected chi connectivity index (χ3v) is 4.09. The van der Waals surface area contributed by atoms with Gasteiger partial charge in [0.05, 0.1) is 0 Å². The van der Waals surface area contributed by atoms with Crippen molar-refractivity contribution < 1.29 is 0 Å². The molecule has 76 valence electrons. The number of hydrogen-bond donors (Lipinski definition) is 1. The van der Waals surface area contributed by atoms with Crippen LogP contribution >= 0.6 is 0 Å². The van der Waals surface area contributed by atoms with Gasteiger partial charge >= 0.3 is 0 Å². The Morgan fingerprint density at radius 3 is 3.14 bits per heavy atom. The monoisotopic (exact) mass is 189 g/mol. The molecule has 1 saturated heterocycles. The summed E-state index contributed by atoms with van der Waals surface area (Å²) in [5, 5.41) is 3.84. The van der Waals surface area contributed by atoms with Crippen LogP contribution in [0.1, 0.15) is 38.5 Å². The van der Waals surface area contributed by atoms with Crippen molar-refractivity contribution in [2.45, 2.75) is 50.6 Å². The Kier molecular flexibility index (Phi) is 2.21. The normalized spacial score (nSPS) is 41.1. The molecule has 0 aromatic carbocycles. The molecule has 14 heavy (non-hydrogen) atoms. The molecular formula is C13H19N. The Balaban J connectivity index is 1.78. The van der Waals surface area contributed by atoms with Crippen molar-refractivity contribution in [1.29, 1.82) is 0 Å². The van der Waals surface area contributed by atoms with Crippen molar-refractivity contribution in [1.82, 2.24) is 5.32 Å². The molecule has 1 heterocycles. The zero-order chi connectivity index (χ0) is 9.38. The van der Waals surface area contributed by atoms with Crippen molar-refractivity contribution in [2.75, 3.05) is 0 Å². The summed E-state index contributed by atoms with van der Waals surface area (Å²) in [6.45, 7) is 0. The molecular weight excluding hydrogens is 170 g/mol. The lowest BCUT2D eigenvalue weighted by Gasteiger charge is -2.42. The molecule has 1 nitrogen and oxygen atoms in total. The van der Waals surface area contributed by atoms with Crippen LogP contribution in [0.3, 0.4) is 0 Å². The van der Waals surface area contributed by atoms with Crippen molar-refractivity contribution in [2.24, 2.45) is 5.92 Å². The molecule has 1 N–H and O–H groups in total. The molecule has 0 amide bonds. The van der Waals surface area contributed by atoms with Crippen molar-refractivity contribution in [3.05, 3.63) is 23.8 Å². The number of rotatable bonds is 0. The summed E-state index contributed by atoms with van der Waals surface area (Å²) in [7, 11) is 0. The van der Waals surface area contributed by atoms with Crippen LogP contribution in [0, 0.1) is 5.92 Å². The third-order valence-electron chi connectivity index (χ3n) is 4.09. The molecule has 1 heteroatoms. The highest BCUT2D eigenvalue weighted by atomic mass is 15.0. The minimum atomic E-state index is 0.680. The number of allylic oxidation sites excluding steroid dienone is 2. The van der Waals surface area contributed by atoms with Gasteiger partial charge in [0.25, 0.3) is 0 Å². The Bertz CT molecular complexity index is 277. The molecule has 0 aromatic rings. The fourth-order valence-electron chi connectivity index (χ4n) is 3.29. The molecule has 2 fully saturated rings. The van der Waals surface area contributed by atoms with E-state index in [0.29, 0.717) is 6.04 Å². The SMILES string of the molecule is C1=CCC2NC3CCCCC3CC2=C1. The summed E-state index contributed by atoms with van der Waals surface area (Å²) in [6, 6.07) is 1.51. The predicted octanol–water partition coefficient (Wildman–Crippen LogP) is 2.79. The Morgan fingerprint density at radius 2 is 2.14 bits per heavy atom. The first-order valence-electron chi connectivity index (χ1n) is 6.05. The summed E-state index contributed by atoms with van der Waals surface area (Å²) in [4.78, 5) is 0. The molecule has 1 aliphatic heterocycles. The second-order valence-electron chi connectivity index (χ2n) is 4.98. The van der Waals surface area contributed by atoms with Gasteiger partial charge in [0.15, 0.2) is 0 Å². The van der Waals surface area contributed by atoms with Crippen LogP contribution in [-0.2, 0) is 0 Å². The van der Waals surface area contributed by atoms with E-state index in [1.807, 2.05) is 0 Å². The number of piperidine rings is 1. The maximum atomic E-state index is 3.84. The highest BCUT2D eigenvalue weighted by molar-refractivity contribution is 5.27. The van der Waals surface area contributed by atoms with Gasteiger partial charge in [-0.25, -0.2) is 0 Å². The van der Waals surface area contributed by atoms with Crippen LogP contribution in [0.2, 0.25) is 0 Å². The maximum Gasteiger partial charge on any atom is 0.0319 e. The minimum Gasteiger partial charge on any atom is -0.307 e. The van der Waals surface area contributed by atoms with Gasteiger partial charge < -0.3 is 5.32 Å². The first kappa shape index (κ1) is 8.72. The Labute approximate surface area is 86.3 Å². The fraction of sp³-hybridized carbons (Fsp3) is 0.692. The van der Waals surface area contributed by atoms with Crippen molar-refractivity contribution in [3.8, 4) is 0 Å². The van der Waals surface area contributed by atoms with E-state index in [-0.39, 0.29) is 0 Å². The lowest BCUT2D eigenvalue weighted by atomic mass is 9.74. The van der Waals surface area contributed by atoms with E-state index in [4.69, 9.17) is 0 Å². The highest BCUT2D eigenvalue weighted by Crippen LogP contribution is 2.36. The van der Waals surface area contributed by atoms with Gasteiger partial charge in [0.1, 0.15) is 0 Å². The van der Waals surface area contributed by atoms with E-state index in [1.165, 1.54) is 38.5 Å². The fourth-order valence-corrected chi connectivity index (χ4v) is 3.29. The van der Waals surface area contributed by atoms with E-state index in [1.54, 1.807) is 5.57 Å². The smallest absolute Gasteiger partial charge is 0.0319 e. The largest absolute Gasteiger partial charge is 0.307 e. The molecule has 0 spiro atoms. The molecule has 2 aliphatic carbocycles. The summed E-state index contributed by atoms with van der Waals surface area (Å²) in [6.07, 6.45) is 15.2. The number of hydrogen-bond acceptors (Lipinski definition) is 1. The molecule has 3 unspecified atom stereocenters. The van der Waals surface area contributed by atoms with Crippen LogP contribution in [-0.4, -0.2) is 12.1 Å². The van der Waals surface area contributed by atoms with Crippen LogP contribution < -0.4 is 5.32 Å². The van der Waals surface area contributed by atoms with E-state index in [2.05, 4.69) is 23.5 Å². The number of nitrogens with one attached hydrogen (secondary N) is 1. The zero-order valence-electron chi connectivity index (χ0n) is 8.71. The van der Waals surface area contributed by atoms with Gasteiger partial charge in [-0.3, -0.25) is 0 Å². The first-order chi connectivity index (χ1) is 6.93. The topological polar surface area (TPSA) is 12.0 Å². The van der Waals surface area contributed by atoms with E-state index >= 15 is 0 Å². The van der Waals surface area contributed by atoms with Crippen molar-refractivity contribution >= 4 is 0 Å². The van der Waals surface area contributed by atoms with Crippen LogP contribution in [0.5, 0.6) is 0 Å². The summed E-state index contributed by atoms with van der Waals surface area (Å²) in [5.41, 5.74) is 1.66. The second-order valence-corrected chi connectivity index (χ2v) is 4.98. The minimum absolute atomic E-state index is 0.680. The van der Waals surface area contributed by atoms with Crippen LogP contribution in [0.4, 0.5) is 0 Å². The van der Waals surface area contributed by atoms with Gasteiger partial charge in [-0.05, 0) is 31.6 Å². The molecule has 3 aliphatic rings. The van der Waals surface area contributed by atoms with Gasteiger partial charge in [-0.1, -0.05) is 36.6 Å². The molecule has 3 atom stereocenters. The lowest BCUT2D eigenvalue weighted by Crippen LogP contribution is -2.50. The van der Waals surface area contributed by atoms with E-state index in [9.17, 15) is 0 Å². The van der Waals surface area contributed by atoms with Gasteiger partial charge in [0, 0.05) is 12.1 Å². The van der Waals surface area contributed by atoms with Gasteiger partial charge in [0.2, 0.25) is 0 Å². The second kappa shape index (κ2) is 3.54. The number of fused-ring (bicyclic) bond motifs is 2. The van der Waals surface area contributed by atoms with Crippen LogP contribution in [0.15, 0.2) is 23.8 Å². The quantitative estimate of drug-likeness (QED) is 0.618. The van der Waals surface area contributed by atoms with Crippen molar-refractivity contribution in [3.63, 3.8) is 0 Å². The summed E-state index contributed by atoms with van der Waals surface area (Å²) < 4.78 is 0. The highest BCUT2D eigenvalue weighted by Gasteiger charge is 2.33. The average molecular weight is 189 g/mol. The molecule has 0 bridgehead atoms. The van der Waals surface area contributed by atoms with Gasteiger partial charge in [-0.15, -0.1) is 0 Å². The summed E-state index contributed by atoms with van der Waals surface area (Å²) in [5.74, 6) is 0.942. The first-order valence-corrected chi connectivity index (χ1v) is 6.05. The average Bonchev–Trinajstić information content (AvgIpc) is 2.26. The summed E-state index contributed by atoms with van der Waals surface area (Å²) >= 11 is 0. The Morgan fingerprint density at radius 1 is 1.21 bits per heavy atom. The lowest BCUT2D eigenvalue weighted by molar-refractivity contribution is 0.213. The van der Waals surface area contributed by atoms with Crippen LogP contribution in [0.25, 0.3) is 0 Å². The zero-order valence-corrected chi connectivity index (χ0v) is 8.71. The molecule has 3 rings (SSSR count). The molecule has 0 aromatic heterocycles. The molecule has 0 radical (unpaired) electrons. The van der Waals surface area contributed by atoms with E-state index < -0.39 is 0 Å². The van der Waals surface area contributed by atoms with Gasteiger partial charge in [-0.2, -0.15) is 0 Å². The maximum absolute atomic E-state index is 3.84. The third kappa shape index (κ3) is 1.44.